The van der Waals surface area contributed by atoms with Gasteiger partial charge in [0.25, 0.3) is 5.91 Å². The fraction of sp³-hybridized carbons (Fsp3) is 0. The van der Waals surface area contributed by atoms with Crippen LogP contribution in [0.3, 0.4) is 0 Å². The molecular formula is C12H8N4O3. The summed E-state index contributed by atoms with van der Waals surface area (Å²) in [6, 6.07) is 9.19. The topological polar surface area (TPSA) is 119 Å². The van der Waals surface area contributed by atoms with E-state index in [-0.39, 0.29) is 11.5 Å². The molecule has 7 heteroatoms. The number of H-pyrrole nitrogens is 1. The van der Waals surface area contributed by atoms with E-state index in [1.165, 1.54) is 30.3 Å². The summed E-state index contributed by atoms with van der Waals surface area (Å²) in [4.78, 5) is 22.4. The van der Waals surface area contributed by atoms with Gasteiger partial charge in [-0.1, -0.05) is 0 Å². The van der Waals surface area contributed by atoms with E-state index < -0.39 is 11.9 Å². The normalized spacial score (nSPS) is 9.63. The number of hydrogen-bond acceptors (Lipinski definition) is 4. The SMILES string of the molecule is N#Cc1ccc(C(=O)Nc2cc(C(=O)O)[nH]n2)cc1. The molecule has 0 saturated heterocycles. The van der Waals surface area contributed by atoms with Crippen molar-refractivity contribution in [1.82, 2.24) is 10.2 Å². The van der Waals surface area contributed by atoms with Gasteiger partial charge in [0.2, 0.25) is 0 Å². The highest BCUT2D eigenvalue weighted by atomic mass is 16.4. The minimum absolute atomic E-state index is 0.116. The number of carbonyl (C=O) groups excluding carboxylic acids is 1. The Hall–Kier alpha value is -3.14. The van der Waals surface area contributed by atoms with Gasteiger partial charge in [-0.15, -0.1) is 0 Å². The maximum atomic E-state index is 11.8. The summed E-state index contributed by atoms with van der Waals surface area (Å²) in [6.45, 7) is 0. The zero-order chi connectivity index (χ0) is 13.8. The lowest BCUT2D eigenvalue weighted by atomic mass is 10.1. The minimum Gasteiger partial charge on any atom is -0.477 e. The van der Waals surface area contributed by atoms with Crippen molar-refractivity contribution in [3.8, 4) is 6.07 Å². The monoisotopic (exact) mass is 256 g/mol. The van der Waals surface area contributed by atoms with Crippen LogP contribution in [-0.2, 0) is 0 Å². The van der Waals surface area contributed by atoms with Gasteiger partial charge in [0.05, 0.1) is 11.6 Å². The zero-order valence-electron chi connectivity index (χ0n) is 9.54. The number of nitrogens with one attached hydrogen (secondary N) is 2. The first kappa shape index (κ1) is 12.3. The van der Waals surface area contributed by atoms with Crippen LogP contribution in [0.2, 0.25) is 0 Å². The quantitative estimate of drug-likeness (QED) is 0.763. The number of hydrogen-bond donors (Lipinski definition) is 3. The maximum absolute atomic E-state index is 11.8. The van der Waals surface area contributed by atoms with Gasteiger partial charge in [0.15, 0.2) is 5.82 Å². The van der Waals surface area contributed by atoms with Crippen LogP contribution in [0.4, 0.5) is 5.82 Å². The van der Waals surface area contributed by atoms with Crippen molar-refractivity contribution in [2.45, 2.75) is 0 Å². The number of carbonyl (C=O) groups is 2. The molecule has 0 unspecified atom stereocenters. The first-order valence-electron chi connectivity index (χ1n) is 5.20. The van der Waals surface area contributed by atoms with Crippen molar-refractivity contribution in [2.24, 2.45) is 0 Å². The lowest BCUT2D eigenvalue weighted by Crippen LogP contribution is -2.12. The number of carboxylic acids is 1. The Morgan fingerprint density at radius 1 is 1.32 bits per heavy atom. The van der Waals surface area contributed by atoms with Crippen LogP contribution >= 0.6 is 0 Å². The van der Waals surface area contributed by atoms with E-state index in [2.05, 4.69) is 15.5 Å². The fourth-order valence-electron chi connectivity index (χ4n) is 1.38. The van der Waals surface area contributed by atoms with Crippen LogP contribution in [0.15, 0.2) is 30.3 Å². The number of amides is 1. The van der Waals surface area contributed by atoms with Crippen LogP contribution in [0.1, 0.15) is 26.4 Å². The predicted octanol–water partition coefficient (Wildman–Crippen LogP) is 1.23. The number of benzene rings is 1. The fourth-order valence-corrected chi connectivity index (χ4v) is 1.38. The van der Waals surface area contributed by atoms with Crippen LogP contribution in [0.25, 0.3) is 0 Å². The average molecular weight is 256 g/mol. The molecule has 0 fully saturated rings. The summed E-state index contributed by atoms with van der Waals surface area (Å²) in [5, 5.41) is 25.7. The van der Waals surface area contributed by atoms with E-state index in [1.807, 2.05) is 6.07 Å². The highest BCUT2D eigenvalue weighted by Crippen LogP contribution is 2.09. The molecule has 2 rings (SSSR count). The molecule has 1 amide bonds. The Morgan fingerprint density at radius 2 is 2.00 bits per heavy atom. The van der Waals surface area contributed by atoms with E-state index in [9.17, 15) is 9.59 Å². The number of carboxylic acid groups (broad SMARTS) is 1. The third-order valence-electron chi connectivity index (χ3n) is 2.33. The minimum atomic E-state index is -1.16. The number of nitriles is 1. The number of rotatable bonds is 3. The van der Waals surface area contributed by atoms with Gasteiger partial charge in [-0.2, -0.15) is 10.4 Å². The molecule has 3 N–H and O–H groups in total. The van der Waals surface area contributed by atoms with E-state index in [4.69, 9.17) is 10.4 Å². The van der Waals surface area contributed by atoms with Crippen LogP contribution in [-0.4, -0.2) is 27.2 Å². The summed E-state index contributed by atoms with van der Waals surface area (Å²) < 4.78 is 0. The molecule has 0 spiro atoms. The zero-order valence-corrected chi connectivity index (χ0v) is 9.54. The third-order valence-corrected chi connectivity index (χ3v) is 2.33. The first-order chi connectivity index (χ1) is 9.10. The van der Waals surface area contributed by atoms with Crippen molar-refractivity contribution >= 4 is 17.7 Å². The molecule has 0 atom stereocenters. The van der Waals surface area contributed by atoms with Crippen molar-refractivity contribution in [3.05, 3.63) is 47.2 Å². The summed E-state index contributed by atoms with van der Waals surface area (Å²) in [5.41, 5.74) is 0.679. The Labute approximate surface area is 107 Å². The molecule has 94 valence electrons. The first-order valence-corrected chi connectivity index (χ1v) is 5.20. The van der Waals surface area contributed by atoms with Gasteiger partial charge < -0.3 is 10.4 Å². The molecule has 7 nitrogen and oxygen atoms in total. The van der Waals surface area contributed by atoms with Crippen molar-refractivity contribution < 1.29 is 14.7 Å². The molecule has 0 aliphatic heterocycles. The van der Waals surface area contributed by atoms with E-state index in [1.54, 1.807) is 0 Å². The Balaban J connectivity index is 2.11. The van der Waals surface area contributed by atoms with E-state index in [0.717, 1.165) is 0 Å². The molecule has 19 heavy (non-hydrogen) atoms. The number of aromatic nitrogens is 2. The third kappa shape index (κ3) is 2.76. The molecule has 0 aliphatic rings. The maximum Gasteiger partial charge on any atom is 0.353 e. The van der Waals surface area contributed by atoms with Crippen LogP contribution < -0.4 is 5.32 Å². The number of anilines is 1. The Bertz CT molecular complexity index is 667. The molecule has 0 bridgehead atoms. The number of aromatic amines is 1. The standard InChI is InChI=1S/C12H8N4O3/c13-6-7-1-3-8(4-2-7)11(17)14-10-5-9(12(18)19)15-16-10/h1-5H,(H,18,19)(H2,14,15,16,17). The van der Waals surface area contributed by atoms with E-state index >= 15 is 0 Å². The molecule has 1 heterocycles. The number of nitrogens with zero attached hydrogens (tertiary/aromatic N) is 2. The highest BCUT2D eigenvalue weighted by Gasteiger charge is 2.11. The lowest BCUT2D eigenvalue weighted by molar-refractivity contribution is 0.0690. The van der Waals surface area contributed by atoms with Gasteiger partial charge in [-0.05, 0) is 24.3 Å². The van der Waals surface area contributed by atoms with Gasteiger partial charge >= 0.3 is 5.97 Å². The largest absolute Gasteiger partial charge is 0.477 e. The summed E-state index contributed by atoms with van der Waals surface area (Å²) in [6.07, 6.45) is 0. The van der Waals surface area contributed by atoms with Gasteiger partial charge in [-0.3, -0.25) is 9.89 Å². The number of aromatic carboxylic acids is 1. The second kappa shape index (κ2) is 5.01. The van der Waals surface area contributed by atoms with Gasteiger partial charge in [0.1, 0.15) is 5.69 Å². The highest BCUT2D eigenvalue weighted by molar-refractivity contribution is 6.04. The van der Waals surface area contributed by atoms with Crippen LogP contribution in [0.5, 0.6) is 0 Å². The summed E-state index contributed by atoms with van der Waals surface area (Å²) in [7, 11) is 0. The second-order valence-electron chi connectivity index (χ2n) is 3.62. The molecule has 1 aromatic heterocycles. The second-order valence-corrected chi connectivity index (χ2v) is 3.62. The Kier molecular flexibility index (Phi) is 3.25. The summed E-state index contributed by atoms with van der Waals surface area (Å²) in [5.74, 6) is -1.48. The van der Waals surface area contributed by atoms with Gasteiger partial charge in [-0.25, -0.2) is 4.79 Å². The smallest absolute Gasteiger partial charge is 0.353 e. The van der Waals surface area contributed by atoms with Gasteiger partial charge in [0, 0.05) is 11.6 Å². The molecule has 2 aromatic rings. The lowest BCUT2D eigenvalue weighted by Gasteiger charge is -2.01. The predicted molar refractivity (Wildman–Crippen MR) is 64.7 cm³/mol. The van der Waals surface area contributed by atoms with Crippen molar-refractivity contribution in [1.29, 1.82) is 5.26 Å². The van der Waals surface area contributed by atoms with Crippen molar-refractivity contribution in [2.75, 3.05) is 5.32 Å². The molecule has 0 aliphatic carbocycles. The van der Waals surface area contributed by atoms with Crippen LogP contribution in [0, 0.1) is 11.3 Å². The van der Waals surface area contributed by atoms with Crippen molar-refractivity contribution in [3.63, 3.8) is 0 Å². The molecule has 1 aromatic carbocycles. The average Bonchev–Trinajstić information content (AvgIpc) is 2.87. The molecule has 0 radical (unpaired) electrons. The molecule has 0 saturated carbocycles. The molecular weight excluding hydrogens is 248 g/mol. The summed E-state index contributed by atoms with van der Waals surface area (Å²) >= 11 is 0. The Morgan fingerprint density at radius 3 is 2.53 bits per heavy atom. The van der Waals surface area contributed by atoms with E-state index in [0.29, 0.717) is 11.1 Å².